The molecule has 0 fully saturated rings. The van der Waals surface area contributed by atoms with Crippen LogP contribution in [0.25, 0.3) is 33.7 Å². The molecule has 2 atom stereocenters. The Morgan fingerprint density at radius 3 is 1.93 bits per heavy atom. The predicted octanol–water partition coefficient (Wildman–Crippen LogP) is 7.87. The largest absolute Gasteiger partial charge is 0.524 e. The number of nitrogens with one attached hydrogen (secondary N) is 2. The number of benzene rings is 5. The van der Waals surface area contributed by atoms with Crippen molar-refractivity contribution in [2.45, 2.75) is 43.9 Å². The fourth-order valence-electron chi connectivity index (χ4n) is 9.15. The van der Waals surface area contributed by atoms with E-state index in [2.05, 4.69) is 10.6 Å². The zero-order chi connectivity index (χ0) is 49.7. The maximum absolute atomic E-state index is 14.1. The molecule has 0 spiro atoms. The summed E-state index contributed by atoms with van der Waals surface area (Å²) in [4.78, 5) is 101. The number of carbonyl (C=O) groups is 6. The number of fused-ring (bicyclic) bond motifs is 6. The molecular formula is C51H48Cl2N5O11P. The number of nitrogens with zero attached hydrogens (tertiary/aromatic N) is 3. The lowest BCUT2D eigenvalue weighted by Crippen LogP contribution is -2.31. The van der Waals surface area contributed by atoms with Crippen LogP contribution in [0, 0.1) is 0 Å². The first-order valence-corrected chi connectivity index (χ1v) is 25.1. The van der Waals surface area contributed by atoms with Crippen LogP contribution in [-0.4, -0.2) is 93.2 Å². The van der Waals surface area contributed by atoms with E-state index in [0.717, 1.165) is 21.4 Å². The van der Waals surface area contributed by atoms with Crippen molar-refractivity contribution in [2.75, 3.05) is 53.1 Å². The zero-order valence-electron chi connectivity index (χ0n) is 37.6. The van der Waals surface area contributed by atoms with Crippen LogP contribution in [0.3, 0.4) is 0 Å². The Morgan fingerprint density at radius 2 is 1.30 bits per heavy atom. The molecule has 362 valence electrons. The number of phosphoric acid groups is 1. The Morgan fingerprint density at radius 1 is 0.714 bits per heavy atom. The minimum atomic E-state index is -4.99. The summed E-state index contributed by atoms with van der Waals surface area (Å²) in [5.74, 6) is -2.43. The number of imide groups is 1. The molecule has 0 radical (unpaired) electrons. The Kier molecular flexibility index (Phi) is 15.2. The Balaban J connectivity index is 0.995. The number of carbonyl (C=O) groups excluding carboxylic acids is 6. The van der Waals surface area contributed by atoms with Crippen molar-refractivity contribution in [3.05, 3.63) is 125 Å². The Hall–Kier alpha value is -6.81. The predicted molar refractivity (Wildman–Crippen MR) is 269 cm³/mol. The first-order valence-electron chi connectivity index (χ1n) is 22.5. The zero-order valence-corrected chi connectivity index (χ0v) is 40.0. The van der Waals surface area contributed by atoms with Gasteiger partial charge in [0.25, 0.3) is 23.6 Å². The minimum Gasteiger partial charge on any atom is -0.507 e. The number of alkyl halides is 2. The number of phosphoric ester groups is 1. The molecule has 0 bridgehead atoms. The van der Waals surface area contributed by atoms with Crippen LogP contribution in [-0.2, 0) is 33.3 Å². The van der Waals surface area contributed by atoms with Gasteiger partial charge in [-0.2, -0.15) is 0 Å². The highest BCUT2D eigenvalue weighted by Gasteiger charge is 2.36. The molecular weight excluding hydrogens is 960 g/mol. The highest BCUT2D eigenvalue weighted by atomic mass is 35.5. The summed E-state index contributed by atoms with van der Waals surface area (Å²) < 4.78 is 17.1. The van der Waals surface area contributed by atoms with Gasteiger partial charge in [0.1, 0.15) is 11.5 Å². The molecule has 0 saturated carbocycles. The van der Waals surface area contributed by atoms with Gasteiger partial charge in [-0.25, -0.2) is 4.57 Å². The summed E-state index contributed by atoms with van der Waals surface area (Å²) in [6, 6.07) is 22.3. The molecule has 16 nitrogen and oxygen atoms in total. The smallest absolute Gasteiger partial charge is 0.507 e. The molecule has 0 saturated heterocycles. The second kappa shape index (κ2) is 21.5. The van der Waals surface area contributed by atoms with Crippen molar-refractivity contribution < 1.29 is 52.7 Å². The van der Waals surface area contributed by atoms with Crippen molar-refractivity contribution in [3.8, 4) is 11.5 Å². The van der Waals surface area contributed by atoms with E-state index in [1.807, 2.05) is 24.3 Å². The van der Waals surface area contributed by atoms with E-state index in [4.69, 9.17) is 27.7 Å². The SMILES string of the molecule is O=C(CCCCCN1C(=O)C=CC1=O)NCCC(=O)Nc1cc(C=CC(=O)N2C[C@@H](CCl)c3c2cc(O)c2ccccc32)ccc1C=CC(=O)N1C[C@@H](CCl)c2c1cc(OP(=O)(O)O)c1ccccc21. The number of halogens is 2. The van der Waals surface area contributed by atoms with Crippen molar-refractivity contribution in [3.63, 3.8) is 0 Å². The van der Waals surface area contributed by atoms with Gasteiger partial charge in [-0.3, -0.25) is 43.5 Å². The summed E-state index contributed by atoms with van der Waals surface area (Å²) in [7, 11) is -4.99. The van der Waals surface area contributed by atoms with Crippen molar-refractivity contribution >= 4 is 117 Å². The van der Waals surface area contributed by atoms with Crippen LogP contribution >= 0.6 is 31.0 Å². The summed E-state index contributed by atoms with van der Waals surface area (Å²) >= 11 is 12.8. The summed E-state index contributed by atoms with van der Waals surface area (Å²) in [6.45, 7) is 0.758. The average molecular weight is 1010 g/mol. The molecule has 70 heavy (non-hydrogen) atoms. The van der Waals surface area contributed by atoms with Gasteiger partial charge >= 0.3 is 7.82 Å². The number of phenolic OH excluding ortho intramolecular Hbond substituents is 1. The van der Waals surface area contributed by atoms with Crippen LogP contribution in [0.1, 0.15) is 66.2 Å². The molecule has 6 amide bonds. The van der Waals surface area contributed by atoms with Gasteiger partial charge < -0.3 is 30.1 Å². The molecule has 19 heteroatoms. The van der Waals surface area contributed by atoms with Crippen LogP contribution < -0.4 is 25.0 Å². The summed E-state index contributed by atoms with van der Waals surface area (Å²) in [5.41, 5.74) is 3.75. The number of phenols is 1. The van der Waals surface area contributed by atoms with Gasteiger partial charge in [0.05, 0.1) is 11.4 Å². The number of hydrogen-bond donors (Lipinski definition) is 5. The van der Waals surface area contributed by atoms with Crippen molar-refractivity contribution in [2.24, 2.45) is 0 Å². The van der Waals surface area contributed by atoms with Crippen LogP contribution in [0.5, 0.6) is 11.5 Å². The van der Waals surface area contributed by atoms with E-state index < -0.39 is 19.6 Å². The lowest BCUT2D eigenvalue weighted by atomic mass is 9.95. The first-order chi connectivity index (χ1) is 33.6. The van der Waals surface area contributed by atoms with Gasteiger partial charge in [-0.1, -0.05) is 67.1 Å². The number of unbranched alkanes of at least 4 members (excludes halogenated alkanes) is 2. The summed E-state index contributed by atoms with van der Waals surface area (Å²) in [6.07, 6.45) is 10.00. The standard InChI is InChI=1S/C51H48Cl2N5O11P/c52-27-33-29-57(40-25-42(59)35-8-3-5-10-37(35)50(33)40)48(64)17-14-31-13-15-32(39(24-31)55-45(61)21-22-54-44(60)12-2-1-7-23-56-46(62)19-20-47(56)63)16-18-49(65)58-30-34(28-53)51-38-11-6-4-9-36(38)43(26-41(51)58)69-70(66,67)68/h3-6,8-11,13-20,24-26,33-34,59H,1-2,7,12,21-23,27-30H2,(H,54,60)(H,55,61)(H2,66,67,68)/t33-,34-/m1/s1. The molecule has 0 aromatic heterocycles. The van der Waals surface area contributed by atoms with Crippen molar-refractivity contribution in [1.29, 1.82) is 0 Å². The van der Waals surface area contributed by atoms with Crippen LogP contribution in [0.4, 0.5) is 17.1 Å². The van der Waals surface area contributed by atoms with E-state index in [1.54, 1.807) is 59.5 Å². The molecule has 3 aliphatic heterocycles. The normalized spacial score (nSPS) is 16.5. The van der Waals surface area contributed by atoms with Gasteiger partial charge in [-0.05, 0) is 64.1 Å². The summed E-state index contributed by atoms with van der Waals surface area (Å²) in [5, 5.41) is 19.0. The molecule has 3 aliphatic rings. The van der Waals surface area contributed by atoms with E-state index in [9.17, 15) is 48.2 Å². The maximum atomic E-state index is 14.1. The maximum Gasteiger partial charge on any atom is 0.524 e. The van der Waals surface area contributed by atoms with E-state index >= 15 is 0 Å². The second-order valence-corrected chi connectivity index (χ2v) is 18.8. The molecule has 8 rings (SSSR count). The van der Waals surface area contributed by atoms with Crippen molar-refractivity contribution in [1.82, 2.24) is 10.2 Å². The van der Waals surface area contributed by atoms with E-state index in [-0.39, 0.29) is 96.9 Å². The lowest BCUT2D eigenvalue weighted by Gasteiger charge is -2.18. The van der Waals surface area contributed by atoms with Crippen LogP contribution in [0.15, 0.2) is 103 Å². The van der Waals surface area contributed by atoms with E-state index in [1.165, 1.54) is 41.3 Å². The number of hydrogen-bond acceptors (Lipinski definition) is 9. The molecule has 5 N–H and O–H groups in total. The molecule has 3 heterocycles. The Labute approximate surface area is 412 Å². The van der Waals surface area contributed by atoms with Gasteiger partial charge in [-0.15, -0.1) is 23.2 Å². The monoisotopic (exact) mass is 1010 g/mol. The molecule has 5 aromatic carbocycles. The van der Waals surface area contributed by atoms with E-state index in [0.29, 0.717) is 64.5 Å². The van der Waals surface area contributed by atoms with Gasteiger partial charge in [0.15, 0.2) is 0 Å². The first kappa shape index (κ1) is 49.6. The number of aromatic hydroxyl groups is 1. The lowest BCUT2D eigenvalue weighted by molar-refractivity contribution is -0.137. The van der Waals surface area contributed by atoms with Crippen LogP contribution in [0.2, 0.25) is 0 Å². The topological polar surface area (TPSA) is 223 Å². The number of anilines is 3. The fraction of sp³-hybridized carbons (Fsp3) is 0.255. The third-order valence-electron chi connectivity index (χ3n) is 12.4. The average Bonchev–Trinajstić information content (AvgIpc) is 4.01. The quantitative estimate of drug-likeness (QED) is 0.0187. The minimum absolute atomic E-state index is 0.0226. The van der Waals surface area contributed by atoms with Gasteiger partial charge in [0, 0.05) is 116 Å². The molecule has 0 aliphatic carbocycles. The fourth-order valence-corrected chi connectivity index (χ4v) is 10.1. The highest BCUT2D eigenvalue weighted by Crippen LogP contribution is 2.49. The van der Waals surface area contributed by atoms with Gasteiger partial charge in [0.2, 0.25) is 11.8 Å². The third-order valence-corrected chi connectivity index (χ3v) is 13.6. The second-order valence-electron chi connectivity index (χ2n) is 17.0. The molecule has 5 aromatic rings. The molecule has 0 unspecified atom stereocenters. The Bertz CT molecular complexity index is 3060. The number of amides is 6. The highest BCUT2D eigenvalue weighted by molar-refractivity contribution is 7.46. The number of rotatable bonds is 18. The third kappa shape index (κ3) is 11.0.